The van der Waals surface area contributed by atoms with Crippen molar-refractivity contribution in [2.75, 3.05) is 26.4 Å². The first kappa shape index (κ1) is 52.4. The maximum atomic E-state index is 14.1. The Morgan fingerprint density at radius 3 is 2.06 bits per heavy atom. The molecule has 4 saturated carbocycles. The maximum Gasteiger partial charge on any atom is 0.322 e. The highest BCUT2D eigenvalue weighted by Crippen LogP contribution is 2.76. The second-order valence-corrected chi connectivity index (χ2v) is 23.6. The van der Waals surface area contributed by atoms with Crippen LogP contribution in [0, 0.1) is 50.2 Å². The van der Waals surface area contributed by atoms with Crippen molar-refractivity contribution in [3.05, 3.63) is 11.6 Å². The molecular formula is C49H79NO18. The van der Waals surface area contributed by atoms with Crippen molar-refractivity contribution in [1.29, 1.82) is 0 Å². The molecule has 23 atom stereocenters. The fourth-order valence-electron chi connectivity index (χ4n) is 15.1. The van der Waals surface area contributed by atoms with Crippen LogP contribution in [-0.2, 0) is 38.0 Å². The van der Waals surface area contributed by atoms with Crippen LogP contribution in [0.5, 0.6) is 0 Å². The lowest BCUT2D eigenvalue weighted by atomic mass is 9.33. The van der Waals surface area contributed by atoms with Crippen molar-refractivity contribution in [3.8, 4) is 0 Å². The molecular weight excluding hydrogens is 891 g/mol. The van der Waals surface area contributed by atoms with E-state index in [-0.39, 0.29) is 58.5 Å². The van der Waals surface area contributed by atoms with Crippen LogP contribution in [0.3, 0.4) is 0 Å². The van der Waals surface area contributed by atoms with E-state index in [0.717, 1.165) is 44.9 Å². The zero-order valence-corrected chi connectivity index (χ0v) is 40.6. The number of nitrogens with one attached hydrogen (secondary N) is 1. The minimum atomic E-state index is -1.79. The Morgan fingerprint density at radius 1 is 0.735 bits per heavy atom. The molecule has 8 rings (SSSR count). The summed E-state index contributed by atoms with van der Waals surface area (Å²) in [4.78, 5) is 25.7. The smallest absolute Gasteiger partial charge is 0.322 e. The van der Waals surface area contributed by atoms with Crippen molar-refractivity contribution in [3.63, 3.8) is 0 Å². The summed E-state index contributed by atoms with van der Waals surface area (Å²) in [6, 6.07) is 0. The van der Waals surface area contributed by atoms with Crippen LogP contribution in [0.1, 0.15) is 113 Å². The van der Waals surface area contributed by atoms with Gasteiger partial charge in [0, 0.05) is 5.41 Å². The number of carbonyl (C=O) groups excluding carboxylic acids is 1. The summed E-state index contributed by atoms with van der Waals surface area (Å²) in [7, 11) is 0. The number of fused-ring (bicyclic) bond motifs is 7. The van der Waals surface area contributed by atoms with Gasteiger partial charge < -0.3 is 84.8 Å². The van der Waals surface area contributed by atoms with E-state index in [1.54, 1.807) is 0 Å². The maximum absolute atomic E-state index is 14.1. The number of aliphatic hydroxyl groups is 9. The van der Waals surface area contributed by atoms with Gasteiger partial charge in [0.1, 0.15) is 67.6 Å². The number of carboxylic acid groups (broad SMARTS) is 1. The Kier molecular flexibility index (Phi) is 14.5. The van der Waals surface area contributed by atoms with E-state index in [1.165, 1.54) is 12.5 Å². The lowest BCUT2D eigenvalue weighted by Crippen LogP contribution is -2.67. The number of carboxylic acids is 1. The van der Waals surface area contributed by atoms with E-state index >= 15 is 0 Å². The average Bonchev–Trinajstić information content (AvgIpc) is 3.29. The quantitative estimate of drug-likeness (QED) is 0.0990. The molecule has 388 valence electrons. The van der Waals surface area contributed by atoms with Gasteiger partial charge in [-0.25, -0.2) is 0 Å². The Labute approximate surface area is 398 Å². The van der Waals surface area contributed by atoms with Gasteiger partial charge in [0.2, 0.25) is 5.91 Å². The van der Waals surface area contributed by atoms with Gasteiger partial charge in [0.05, 0.1) is 37.4 Å². The average molecular weight is 970 g/mol. The molecule has 0 aromatic carbocycles. The molecule has 3 heterocycles. The minimum absolute atomic E-state index is 0.00876. The predicted molar refractivity (Wildman–Crippen MR) is 238 cm³/mol. The number of hydrogen-bond donors (Lipinski definition) is 11. The number of hydrogen-bond acceptors (Lipinski definition) is 17. The van der Waals surface area contributed by atoms with Gasteiger partial charge in [-0.15, -0.1) is 0 Å². The third-order valence-electron chi connectivity index (χ3n) is 19.5. The number of rotatable bonds is 11. The van der Waals surface area contributed by atoms with Crippen LogP contribution in [0.4, 0.5) is 0 Å². The van der Waals surface area contributed by atoms with Gasteiger partial charge in [-0.1, -0.05) is 53.2 Å². The van der Waals surface area contributed by atoms with Crippen LogP contribution in [0.2, 0.25) is 0 Å². The first-order valence-corrected chi connectivity index (χ1v) is 24.9. The lowest BCUT2D eigenvalue weighted by molar-refractivity contribution is -0.381. The van der Waals surface area contributed by atoms with E-state index in [4.69, 9.17) is 28.4 Å². The highest BCUT2D eigenvalue weighted by molar-refractivity contribution is 5.87. The summed E-state index contributed by atoms with van der Waals surface area (Å²) in [6.07, 6.45) is -12.1. The highest BCUT2D eigenvalue weighted by atomic mass is 16.8. The van der Waals surface area contributed by atoms with Crippen molar-refractivity contribution in [2.45, 2.75) is 205 Å². The van der Waals surface area contributed by atoms with E-state index in [9.17, 15) is 60.7 Å². The van der Waals surface area contributed by atoms with Gasteiger partial charge in [0.15, 0.2) is 18.9 Å². The van der Waals surface area contributed by atoms with Crippen molar-refractivity contribution >= 4 is 11.9 Å². The molecule has 11 N–H and O–H groups in total. The summed E-state index contributed by atoms with van der Waals surface area (Å²) in [5.41, 5.74) is -0.841. The SMILES string of the molecule is C[C@@H]1O[C@@H](O[C@H]2[C@H](O[C@H]3CC[C@@]4(C)[C@@H](CC[C@]5(C)[C@@H]4CC=C4[C@@H]6CC(C)(C)CC[C@]6(C(=O)NCC(=O)O)CC[C@]45C)[C@]3(C)CO)OC[C@H](O[C@@H]3O[C@H](CO)[C@@H](O)[C@H](O)[C@H]3O)[C@@H]2O)[C@H](O)[C@H](O)[C@H]1O. The normalized spacial score (nSPS) is 52.3. The summed E-state index contributed by atoms with van der Waals surface area (Å²) in [6.45, 7) is 13.5. The Morgan fingerprint density at radius 2 is 1.40 bits per heavy atom. The van der Waals surface area contributed by atoms with Crippen LogP contribution in [0.25, 0.3) is 0 Å². The van der Waals surface area contributed by atoms with E-state index in [2.05, 4.69) is 46.0 Å². The molecule has 68 heavy (non-hydrogen) atoms. The molecule has 0 aromatic heterocycles. The molecule has 3 saturated heterocycles. The number of allylic oxidation sites excluding steroid dienone is 2. The number of carbonyl (C=O) groups is 2. The Balaban J connectivity index is 1.05. The van der Waals surface area contributed by atoms with Crippen molar-refractivity contribution in [2.24, 2.45) is 50.2 Å². The van der Waals surface area contributed by atoms with Gasteiger partial charge in [-0.05, 0) is 111 Å². The van der Waals surface area contributed by atoms with Crippen LogP contribution >= 0.6 is 0 Å². The van der Waals surface area contributed by atoms with Crippen LogP contribution < -0.4 is 5.32 Å². The Bertz CT molecular complexity index is 1890. The van der Waals surface area contributed by atoms with Crippen molar-refractivity contribution < 1.29 is 89.1 Å². The third kappa shape index (κ3) is 8.41. The van der Waals surface area contributed by atoms with Gasteiger partial charge in [0.25, 0.3) is 0 Å². The monoisotopic (exact) mass is 970 g/mol. The molecule has 7 fully saturated rings. The minimum Gasteiger partial charge on any atom is -0.480 e. The first-order valence-electron chi connectivity index (χ1n) is 24.9. The second kappa shape index (κ2) is 18.8. The Hall–Kier alpha value is -1.92. The molecule has 19 heteroatoms. The molecule has 1 amide bonds. The topological polar surface area (TPSA) is 304 Å². The molecule has 0 bridgehead atoms. The summed E-state index contributed by atoms with van der Waals surface area (Å²) >= 11 is 0. The summed E-state index contributed by atoms with van der Waals surface area (Å²) < 4.78 is 36.6. The van der Waals surface area contributed by atoms with Gasteiger partial charge >= 0.3 is 5.97 Å². The predicted octanol–water partition coefficient (Wildman–Crippen LogP) is 0.462. The first-order chi connectivity index (χ1) is 31.8. The number of aliphatic hydroxyl groups excluding tert-OH is 9. The largest absolute Gasteiger partial charge is 0.480 e. The molecule has 5 aliphatic carbocycles. The zero-order valence-electron chi connectivity index (χ0n) is 40.6. The lowest BCUT2D eigenvalue weighted by Gasteiger charge is -2.71. The second-order valence-electron chi connectivity index (χ2n) is 23.6. The highest BCUT2D eigenvalue weighted by Gasteiger charge is 2.70. The molecule has 3 aliphatic heterocycles. The van der Waals surface area contributed by atoms with E-state index in [0.29, 0.717) is 19.3 Å². The summed E-state index contributed by atoms with van der Waals surface area (Å²) in [5.74, 6) is -1.07. The van der Waals surface area contributed by atoms with E-state index < -0.39 is 122 Å². The fourth-order valence-corrected chi connectivity index (χ4v) is 15.1. The number of amides is 1. The molecule has 19 nitrogen and oxygen atoms in total. The molecule has 0 unspecified atom stereocenters. The standard InChI is InChI=1S/C49H79NO18/c1-23-32(55)35(58)37(60)40(64-23)68-39-34(57)27(66-41-38(61)36(59)33(56)26(20-51)65-41)21-63-42(39)67-30-11-12-45(4)28(46(30,5)22-52)10-13-48(7)29(45)9-8-24-25-18-44(2,3)14-16-49(25,17-15-47(24,48)6)43(62)50-19-31(53)54/h8,23,25-30,32-42,51-52,55-61H,9-22H2,1-7H3,(H,50,62)(H,53,54)/t23-,25-,26+,27-,28+,29+,30-,32-,33+,34-,35+,36-,37+,38+,39+,40-,41-,42-,45-,46-,47+,48+,49-/m0/s1. The number of ether oxygens (including phenoxy) is 6. The molecule has 0 spiro atoms. The van der Waals surface area contributed by atoms with E-state index in [1.807, 2.05) is 6.92 Å². The number of aliphatic carboxylic acids is 1. The molecule has 0 radical (unpaired) electrons. The molecule has 0 aromatic rings. The third-order valence-corrected chi connectivity index (χ3v) is 19.5. The van der Waals surface area contributed by atoms with Gasteiger partial charge in [-0.2, -0.15) is 0 Å². The van der Waals surface area contributed by atoms with Gasteiger partial charge in [-0.3, -0.25) is 9.59 Å². The zero-order chi connectivity index (χ0) is 49.7. The fraction of sp³-hybridized carbons (Fsp3) is 0.918. The van der Waals surface area contributed by atoms with Crippen molar-refractivity contribution in [1.82, 2.24) is 5.32 Å². The van der Waals surface area contributed by atoms with Crippen LogP contribution in [0.15, 0.2) is 11.6 Å². The summed E-state index contributed by atoms with van der Waals surface area (Å²) in [5, 5.41) is 109. The molecule has 8 aliphatic rings. The van der Waals surface area contributed by atoms with Crippen LogP contribution in [-0.4, -0.2) is 181 Å².